The zero-order valence-electron chi connectivity index (χ0n) is 13.4. The molecule has 2 nitrogen and oxygen atoms in total. The van der Waals surface area contributed by atoms with Crippen LogP contribution in [0.25, 0.3) is 0 Å². The van der Waals surface area contributed by atoms with Crippen LogP contribution < -0.4 is 5.32 Å². The Labute approximate surface area is 124 Å². The van der Waals surface area contributed by atoms with Gasteiger partial charge in [0, 0.05) is 19.1 Å². The third kappa shape index (κ3) is 4.92. The largest absolute Gasteiger partial charge is 0.315 e. The summed E-state index contributed by atoms with van der Waals surface area (Å²) in [6, 6.07) is 9.73. The van der Waals surface area contributed by atoms with Crippen LogP contribution in [-0.4, -0.2) is 30.6 Å². The SMILES string of the molecule is Cc1ccc(CN2CCCCC2CNCC(C)C)cc1. The van der Waals surface area contributed by atoms with E-state index in [9.17, 15) is 0 Å². The summed E-state index contributed by atoms with van der Waals surface area (Å²) in [7, 11) is 0. The van der Waals surface area contributed by atoms with Gasteiger partial charge in [-0.3, -0.25) is 4.90 Å². The number of nitrogens with zero attached hydrogens (tertiary/aromatic N) is 1. The molecular weight excluding hydrogens is 244 g/mol. The maximum absolute atomic E-state index is 3.64. The van der Waals surface area contributed by atoms with E-state index in [-0.39, 0.29) is 0 Å². The van der Waals surface area contributed by atoms with Gasteiger partial charge < -0.3 is 5.32 Å². The molecule has 1 aromatic carbocycles. The molecule has 0 bridgehead atoms. The normalized spacial score (nSPS) is 20.5. The van der Waals surface area contributed by atoms with Crippen molar-refractivity contribution in [3.8, 4) is 0 Å². The Kier molecular flexibility index (Phi) is 6.06. The molecule has 1 unspecified atom stereocenters. The Hall–Kier alpha value is -0.860. The number of piperidine rings is 1. The molecular formula is C18H30N2. The van der Waals surface area contributed by atoms with Crippen molar-refractivity contribution in [2.24, 2.45) is 5.92 Å². The highest BCUT2D eigenvalue weighted by atomic mass is 15.2. The van der Waals surface area contributed by atoms with Crippen LogP contribution >= 0.6 is 0 Å². The van der Waals surface area contributed by atoms with Crippen molar-refractivity contribution in [2.45, 2.75) is 52.6 Å². The van der Waals surface area contributed by atoms with Crippen LogP contribution in [0, 0.1) is 12.8 Å². The minimum Gasteiger partial charge on any atom is -0.315 e. The molecule has 0 amide bonds. The summed E-state index contributed by atoms with van der Waals surface area (Å²) in [6.07, 6.45) is 4.09. The lowest BCUT2D eigenvalue weighted by atomic mass is 10.0. The van der Waals surface area contributed by atoms with Gasteiger partial charge in [-0.05, 0) is 44.3 Å². The van der Waals surface area contributed by atoms with Gasteiger partial charge in [0.05, 0.1) is 0 Å². The molecule has 0 spiro atoms. The van der Waals surface area contributed by atoms with E-state index in [0.29, 0.717) is 6.04 Å². The summed E-state index contributed by atoms with van der Waals surface area (Å²) in [5.74, 6) is 0.740. The molecule has 2 heteroatoms. The molecule has 1 fully saturated rings. The average molecular weight is 274 g/mol. The van der Waals surface area contributed by atoms with Crippen LogP contribution in [-0.2, 0) is 6.54 Å². The third-order valence-corrected chi connectivity index (χ3v) is 4.19. The molecule has 0 radical (unpaired) electrons. The second kappa shape index (κ2) is 7.80. The van der Waals surface area contributed by atoms with E-state index in [0.717, 1.165) is 25.6 Å². The van der Waals surface area contributed by atoms with E-state index in [1.54, 1.807) is 0 Å². The molecule has 0 aliphatic carbocycles. The average Bonchev–Trinajstić information content (AvgIpc) is 2.43. The van der Waals surface area contributed by atoms with Gasteiger partial charge >= 0.3 is 0 Å². The number of nitrogens with one attached hydrogen (secondary N) is 1. The lowest BCUT2D eigenvalue weighted by molar-refractivity contribution is 0.137. The van der Waals surface area contributed by atoms with Gasteiger partial charge in [0.25, 0.3) is 0 Å². The first-order valence-electron chi connectivity index (χ1n) is 8.15. The summed E-state index contributed by atoms with van der Waals surface area (Å²) < 4.78 is 0. The summed E-state index contributed by atoms with van der Waals surface area (Å²) in [4.78, 5) is 2.67. The molecule has 0 saturated carbocycles. The van der Waals surface area contributed by atoms with Gasteiger partial charge in [-0.25, -0.2) is 0 Å². The van der Waals surface area contributed by atoms with Crippen molar-refractivity contribution in [1.29, 1.82) is 0 Å². The molecule has 112 valence electrons. The van der Waals surface area contributed by atoms with E-state index in [4.69, 9.17) is 0 Å². The smallest absolute Gasteiger partial charge is 0.0237 e. The van der Waals surface area contributed by atoms with E-state index >= 15 is 0 Å². The first-order valence-corrected chi connectivity index (χ1v) is 8.15. The predicted molar refractivity (Wildman–Crippen MR) is 86.9 cm³/mol. The standard InChI is InChI=1S/C18H30N2/c1-15(2)12-19-13-18-6-4-5-11-20(18)14-17-9-7-16(3)8-10-17/h7-10,15,18-19H,4-6,11-14H2,1-3H3. The predicted octanol–water partition coefficient (Wildman–Crippen LogP) is 3.60. The summed E-state index contributed by atoms with van der Waals surface area (Å²) >= 11 is 0. The Morgan fingerprint density at radius 1 is 1.20 bits per heavy atom. The number of hydrogen-bond donors (Lipinski definition) is 1. The fourth-order valence-corrected chi connectivity index (χ4v) is 2.97. The van der Waals surface area contributed by atoms with Crippen molar-refractivity contribution in [3.05, 3.63) is 35.4 Å². The highest BCUT2D eigenvalue weighted by Crippen LogP contribution is 2.19. The maximum Gasteiger partial charge on any atom is 0.0237 e. The van der Waals surface area contributed by atoms with Crippen LogP contribution in [0.1, 0.15) is 44.2 Å². The van der Waals surface area contributed by atoms with Crippen molar-refractivity contribution in [2.75, 3.05) is 19.6 Å². The number of hydrogen-bond acceptors (Lipinski definition) is 2. The Morgan fingerprint density at radius 3 is 2.65 bits per heavy atom. The molecule has 1 N–H and O–H groups in total. The lowest BCUT2D eigenvalue weighted by Crippen LogP contribution is -2.45. The number of benzene rings is 1. The molecule has 1 saturated heterocycles. The molecule has 20 heavy (non-hydrogen) atoms. The van der Waals surface area contributed by atoms with Crippen molar-refractivity contribution < 1.29 is 0 Å². The van der Waals surface area contributed by atoms with Gasteiger partial charge in [-0.2, -0.15) is 0 Å². The van der Waals surface area contributed by atoms with Crippen LogP contribution in [0.15, 0.2) is 24.3 Å². The first-order chi connectivity index (χ1) is 9.65. The topological polar surface area (TPSA) is 15.3 Å². The first kappa shape index (κ1) is 15.5. The van der Waals surface area contributed by atoms with E-state index in [2.05, 4.69) is 55.3 Å². The zero-order valence-corrected chi connectivity index (χ0v) is 13.4. The summed E-state index contributed by atoms with van der Waals surface area (Å²) in [5, 5.41) is 3.64. The molecule has 1 aliphatic heterocycles. The molecule has 1 aromatic rings. The van der Waals surface area contributed by atoms with Crippen molar-refractivity contribution in [1.82, 2.24) is 10.2 Å². The molecule has 0 aromatic heterocycles. The van der Waals surface area contributed by atoms with Crippen LogP contribution in [0.5, 0.6) is 0 Å². The highest BCUT2D eigenvalue weighted by Gasteiger charge is 2.21. The molecule has 2 rings (SSSR count). The van der Waals surface area contributed by atoms with Crippen LogP contribution in [0.3, 0.4) is 0 Å². The summed E-state index contributed by atoms with van der Waals surface area (Å²) in [5.41, 5.74) is 2.80. The zero-order chi connectivity index (χ0) is 14.4. The van der Waals surface area contributed by atoms with Gasteiger partial charge in [0.1, 0.15) is 0 Å². The monoisotopic (exact) mass is 274 g/mol. The number of aryl methyl sites for hydroxylation is 1. The minimum absolute atomic E-state index is 0.712. The van der Waals surface area contributed by atoms with Crippen molar-refractivity contribution in [3.63, 3.8) is 0 Å². The van der Waals surface area contributed by atoms with Crippen LogP contribution in [0.4, 0.5) is 0 Å². The quantitative estimate of drug-likeness (QED) is 0.853. The Bertz CT molecular complexity index is 383. The van der Waals surface area contributed by atoms with Gasteiger partial charge in [-0.15, -0.1) is 0 Å². The third-order valence-electron chi connectivity index (χ3n) is 4.19. The van der Waals surface area contributed by atoms with Crippen molar-refractivity contribution >= 4 is 0 Å². The Morgan fingerprint density at radius 2 is 1.95 bits per heavy atom. The Balaban J connectivity index is 1.87. The fraction of sp³-hybridized carbons (Fsp3) is 0.667. The van der Waals surface area contributed by atoms with Gasteiger partial charge in [0.15, 0.2) is 0 Å². The summed E-state index contributed by atoms with van der Waals surface area (Å²) in [6.45, 7) is 11.3. The van der Waals surface area contributed by atoms with Crippen LogP contribution in [0.2, 0.25) is 0 Å². The highest BCUT2D eigenvalue weighted by molar-refractivity contribution is 5.21. The minimum atomic E-state index is 0.712. The van der Waals surface area contributed by atoms with E-state index in [1.165, 1.54) is 36.9 Å². The second-order valence-corrected chi connectivity index (χ2v) is 6.66. The van der Waals surface area contributed by atoms with Gasteiger partial charge in [0.2, 0.25) is 0 Å². The molecule has 1 aliphatic rings. The number of rotatable bonds is 6. The van der Waals surface area contributed by atoms with Gasteiger partial charge in [-0.1, -0.05) is 50.1 Å². The maximum atomic E-state index is 3.64. The molecule has 1 atom stereocenters. The lowest BCUT2D eigenvalue weighted by Gasteiger charge is -2.36. The number of likely N-dealkylation sites (tertiary alicyclic amines) is 1. The fourth-order valence-electron chi connectivity index (χ4n) is 2.97. The second-order valence-electron chi connectivity index (χ2n) is 6.66. The molecule has 1 heterocycles. The van der Waals surface area contributed by atoms with E-state index in [1.807, 2.05) is 0 Å². The van der Waals surface area contributed by atoms with E-state index < -0.39 is 0 Å².